The van der Waals surface area contributed by atoms with Gasteiger partial charge in [-0.15, -0.1) is 5.10 Å². The van der Waals surface area contributed by atoms with Crippen LogP contribution in [0.1, 0.15) is 28.2 Å². The molecule has 1 aliphatic heterocycles. The maximum Gasteiger partial charge on any atom is 0.388 e. The van der Waals surface area contributed by atoms with Gasteiger partial charge in [-0.2, -0.15) is 8.78 Å². The summed E-state index contributed by atoms with van der Waals surface area (Å²) in [5.74, 6) is 5.89. The number of hydrogen-bond donors (Lipinski definition) is 0. The fourth-order valence-electron chi connectivity index (χ4n) is 3.36. The fourth-order valence-corrected chi connectivity index (χ4v) is 3.36. The highest BCUT2D eigenvalue weighted by atomic mass is 19.3. The van der Waals surface area contributed by atoms with E-state index in [1.807, 2.05) is 28.3 Å². The number of benzene rings is 1. The molecule has 0 atom stereocenters. The molecule has 30 heavy (non-hydrogen) atoms. The van der Waals surface area contributed by atoms with E-state index in [1.54, 1.807) is 18.6 Å². The first-order chi connectivity index (χ1) is 14.6. The molecule has 0 spiro atoms. The molecule has 148 valence electrons. The summed E-state index contributed by atoms with van der Waals surface area (Å²) in [6, 6.07) is 9.04. The Morgan fingerprint density at radius 2 is 1.97 bits per heavy atom. The SMILES string of the molecule is Cc1ccc2c(c1)-n1nncc1Cc1c(C#Cc3ccc(OC(F)F)nc3)ncn1-2. The normalized spacial score (nSPS) is 11.7. The number of imidazole rings is 1. The number of nitrogens with zero attached hydrogens (tertiary/aromatic N) is 6. The van der Waals surface area contributed by atoms with Gasteiger partial charge in [-0.25, -0.2) is 14.6 Å². The second kappa shape index (κ2) is 7.08. The molecule has 1 aliphatic rings. The highest BCUT2D eigenvalue weighted by Gasteiger charge is 2.22. The number of pyridine rings is 1. The van der Waals surface area contributed by atoms with Crippen LogP contribution in [0.2, 0.25) is 0 Å². The first-order valence-corrected chi connectivity index (χ1v) is 9.08. The average molecular weight is 404 g/mol. The smallest absolute Gasteiger partial charge is 0.388 e. The number of ether oxygens (including phenoxy) is 1. The highest BCUT2D eigenvalue weighted by Crippen LogP contribution is 2.29. The van der Waals surface area contributed by atoms with Gasteiger partial charge in [0.2, 0.25) is 5.88 Å². The van der Waals surface area contributed by atoms with Gasteiger partial charge in [0.1, 0.15) is 12.0 Å². The molecule has 4 aromatic rings. The average Bonchev–Trinajstić information content (AvgIpc) is 3.32. The van der Waals surface area contributed by atoms with Crippen LogP contribution in [0.4, 0.5) is 8.78 Å². The summed E-state index contributed by atoms with van der Waals surface area (Å²) < 4.78 is 32.6. The molecule has 4 heterocycles. The summed E-state index contributed by atoms with van der Waals surface area (Å²) in [5, 5.41) is 8.29. The Bertz CT molecular complexity index is 1300. The van der Waals surface area contributed by atoms with Crippen molar-refractivity contribution in [3.63, 3.8) is 0 Å². The van der Waals surface area contributed by atoms with Crippen molar-refractivity contribution in [3.8, 4) is 29.1 Å². The van der Waals surface area contributed by atoms with Crippen LogP contribution in [0.15, 0.2) is 49.1 Å². The largest absolute Gasteiger partial charge is 0.417 e. The van der Waals surface area contributed by atoms with Crippen molar-refractivity contribution in [3.05, 3.63) is 77.3 Å². The molecule has 0 amide bonds. The summed E-state index contributed by atoms with van der Waals surface area (Å²) in [7, 11) is 0. The van der Waals surface area contributed by atoms with Gasteiger partial charge in [0.25, 0.3) is 0 Å². The van der Waals surface area contributed by atoms with Crippen molar-refractivity contribution in [2.75, 3.05) is 0 Å². The minimum Gasteiger partial charge on any atom is -0.417 e. The Balaban J connectivity index is 1.54. The Kier molecular flexibility index (Phi) is 4.25. The Labute approximate surface area is 170 Å². The molecule has 0 saturated carbocycles. The molecule has 0 fully saturated rings. The highest BCUT2D eigenvalue weighted by molar-refractivity contribution is 5.58. The molecule has 3 aromatic heterocycles. The lowest BCUT2D eigenvalue weighted by Crippen LogP contribution is -2.03. The zero-order valence-electron chi connectivity index (χ0n) is 15.8. The van der Waals surface area contributed by atoms with Gasteiger partial charge in [0.05, 0.1) is 29.0 Å². The zero-order valence-corrected chi connectivity index (χ0v) is 15.8. The van der Waals surface area contributed by atoms with Crippen LogP contribution in [0.5, 0.6) is 5.88 Å². The number of rotatable bonds is 2. The second-order valence-electron chi connectivity index (χ2n) is 6.73. The maximum absolute atomic E-state index is 12.2. The van der Waals surface area contributed by atoms with E-state index in [4.69, 9.17) is 0 Å². The molecular weight excluding hydrogens is 390 g/mol. The van der Waals surface area contributed by atoms with Crippen LogP contribution in [-0.2, 0) is 6.42 Å². The van der Waals surface area contributed by atoms with Gasteiger partial charge in [0.15, 0.2) is 0 Å². The van der Waals surface area contributed by atoms with Crippen molar-refractivity contribution in [2.24, 2.45) is 0 Å². The number of fused-ring (bicyclic) bond motifs is 5. The van der Waals surface area contributed by atoms with E-state index in [0.717, 1.165) is 28.3 Å². The minimum atomic E-state index is -2.91. The van der Waals surface area contributed by atoms with Gasteiger partial charge in [-0.3, -0.25) is 4.57 Å². The van der Waals surface area contributed by atoms with Crippen molar-refractivity contribution < 1.29 is 13.5 Å². The van der Waals surface area contributed by atoms with Crippen molar-refractivity contribution in [1.29, 1.82) is 0 Å². The maximum atomic E-state index is 12.2. The molecule has 0 bridgehead atoms. The summed E-state index contributed by atoms with van der Waals surface area (Å²) >= 11 is 0. The first kappa shape index (κ1) is 18.0. The van der Waals surface area contributed by atoms with E-state index in [2.05, 4.69) is 42.9 Å². The predicted molar refractivity (Wildman–Crippen MR) is 103 cm³/mol. The number of aryl methyl sites for hydroxylation is 1. The quantitative estimate of drug-likeness (QED) is 0.423. The van der Waals surface area contributed by atoms with Gasteiger partial charge in [0, 0.05) is 24.2 Å². The Morgan fingerprint density at radius 1 is 1.07 bits per heavy atom. The summed E-state index contributed by atoms with van der Waals surface area (Å²) in [5.41, 5.74) is 6.01. The summed E-state index contributed by atoms with van der Waals surface area (Å²) in [6.45, 7) is -0.885. The number of aromatic nitrogens is 6. The molecule has 1 aromatic carbocycles. The van der Waals surface area contributed by atoms with Crippen LogP contribution in [0.3, 0.4) is 0 Å². The molecule has 7 nitrogen and oxygen atoms in total. The van der Waals surface area contributed by atoms with Crippen LogP contribution in [0, 0.1) is 18.8 Å². The third kappa shape index (κ3) is 3.18. The van der Waals surface area contributed by atoms with Crippen LogP contribution < -0.4 is 4.74 Å². The monoisotopic (exact) mass is 404 g/mol. The molecule has 0 aliphatic carbocycles. The zero-order chi connectivity index (χ0) is 20.7. The van der Waals surface area contributed by atoms with E-state index < -0.39 is 6.61 Å². The molecule has 0 saturated heterocycles. The Morgan fingerprint density at radius 3 is 2.77 bits per heavy atom. The van der Waals surface area contributed by atoms with E-state index in [1.165, 1.54) is 12.3 Å². The first-order valence-electron chi connectivity index (χ1n) is 9.08. The van der Waals surface area contributed by atoms with Crippen LogP contribution in [-0.4, -0.2) is 36.1 Å². The number of alkyl halides is 2. The lowest BCUT2D eigenvalue weighted by Gasteiger charge is -2.10. The van der Waals surface area contributed by atoms with Crippen molar-refractivity contribution >= 4 is 0 Å². The summed E-state index contributed by atoms with van der Waals surface area (Å²) in [6.07, 6.45) is 5.42. The van der Waals surface area contributed by atoms with Crippen LogP contribution in [0.25, 0.3) is 11.4 Å². The molecule has 9 heteroatoms. The van der Waals surface area contributed by atoms with Gasteiger partial charge < -0.3 is 4.74 Å². The van der Waals surface area contributed by atoms with Gasteiger partial charge in [-0.05, 0) is 36.6 Å². The van der Waals surface area contributed by atoms with Crippen LogP contribution >= 0.6 is 0 Å². The summed E-state index contributed by atoms with van der Waals surface area (Å²) in [4.78, 5) is 8.32. The number of hydrogen-bond acceptors (Lipinski definition) is 5. The van der Waals surface area contributed by atoms with Crippen molar-refractivity contribution in [2.45, 2.75) is 20.0 Å². The molecular formula is C21H14F2N6O. The van der Waals surface area contributed by atoms with E-state index in [9.17, 15) is 8.78 Å². The molecule has 5 rings (SSSR count). The third-order valence-electron chi connectivity index (χ3n) is 4.72. The molecule has 0 unspecified atom stereocenters. The van der Waals surface area contributed by atoms with E-state index in [0.29, 0.717) is 17.7 Å². The topological polar surface area (TPSA) is 70.7 Å². The molecule has 0 radical (unpaired) electrons. The molecule has 0 N–H and O–H groups in total. The lowest BCUT2D eigenvalue weighted by molar-refractivity contribution is -0.0528. The fraction of sp³-hybridized carbons (Fsp3) is 0.143. The lowest BCUT2D eigenvalue weighted by atomic mass is 10.2. The minimum absolute atomic E-state index is 0.154. The number of halogens is 2. The van der Waals surface area contributed by atoms with Gasteiger partial charge >= 0.3 is 6.61 Å². The van der Waals surface area contributed by atoms with Crippen molar-refractivity contribution in [1.82, 2.24) is 29.5 Å². The predicted octanol–water partition coefficient (Wildman–Crippen LogP) is 3.06. The Hall–Kier alpha value is -4.06. The van der Waals surface area contributed by atoms with E-state index in [-0.39, 0.29) is 5.88 Å². The second-order valence-corrected chi connectivity index (χ2v) is 6.73. The van der Waals surface area contributed by atoms with Gasteiger partial charge in [-0.1, -0.05) is 17.2 Å². The standard InChI is InChI=1S/C21H14F2N6O/c1-13-2-6-17-19(8-13)29-15(11-26-27-29)9-18-16(25-12-28(17)18)5-3-14-4-7-20(24-10-14)30-21(22)23/h2,4,6-8,10-12,21H,9H2,1H3. The third-order valence-corrected chi connectivity index (χ3v) is 4.72. The van der Waals surface area contributed by atoms with E-state index >= 15 is 0 Å².